The van der Waals surface area contributed by atoms with Gasteiger partial charge in [0.1, 0.15) is 12.4 Å². The maximum absolute atomic E-state index is 12.9. The van der Waals surface area contributed by atoms with Crippen molar-refractivity contribution in [2.45, 2.75) is 32.7 Å². The molecule has 2 heterocycles. The Labute approximate surface area is 176 Å². The highest BCUT2D eigenvalue weighted by Crippen LogP contribution is 2.46. The Morgan fingerprint density at radius 3 is 2.83 bits per heavy atom. The highest BCUT2D eigenvalue weighted by atomic mass is 16.7. The molecule has 5 rings (SSSR count). The van der Waals surface area contributed by atoms with E-state index in [1.807, 2.05) is 38.1 Å². The van der Waals surface area contributed by atoms with Crippen molar-refractivity contribution in [3.05, 3.63) is 70.8 Å². The topological polar surface area (TPSA) is 56.8 Å². The van der Waals surface area contributed by atoms with Crippen molar-refractivity contribution in [2.24, 2.45) is 5.92 Å². The lowest BCUT2D eigenvalue weighted by atomic mass is 9.74. The van der Waals surface area contributed by atoms with E-state index in [1.165, 1.54) is 11.1 Å². The number of carbonyl (C=O) groups is 1. The highest BCUT2D eigenvalue weighted by Gasteiger charge is 2.37. The second-order valence-corrected chi connectivity index (χ2v) is 8.28. The van der Waals surface area contributed by atoms with Gasteiger partial charge in [0, 0.05) is 0 Å². The van der Waals surface area contributed by atoms with E-state index in [9.17, 15) is 4.79 Å². The van der Waals surface area contributed by atoms with E-state index < -0.39 is 0 Å². The average Bonchev–Trinajstić information content (AvgIpc) is 3.22. The zero-order valence-electron chi connectivity index (χ0n) is 17.3. The SMILES string of the molecule is C=C(C)COc1ccc2c(c1)CCC1=C2C(C)C(=O)NC1c1ccc2c(c1)OCO2. The number of amides is 1. The first-order valence-corrected chi connectivity index (χ1v) is 10.3. The van der Waals surface area contributed by atoms with Crippen LogP contribution < -0.4 is 19.5 Å². The molecule has 0 aromatic heterocycles. The Hall–Kier alpha value is -3.21. The summed E-state index contributed by atoms with van der Waals surface area (Å²) in [7, 11) is 0. The largest absolute Gasteiger partial charge is 0.489 e. The summed E-state index contributed by atoms with van der Waals surface area (Å²) in [4.78, 5) is 12.9. The summed E-state index contributed by atoms with van der Waals surface area (Å²) in [5.74, 6) is 2.19. The molecule has 0 spiro atoms. The number of carbonyl (C=O) groups excluding carboxylic acids is 1. The summed E-state index contributed by atoms with van der Waals surface area (Å²) in [6.45, 7) is 8.59. The normalized spacial score (nSPS) is 21.6. The van der Waals surface area contributed by atoms with Gasteiger partial charge in [-0.25, -0.2) is 0 Å². The molecule has 2 aromatic carbocycles. The molecule has 0 radical (unpaired) electrons. The lowest BCUT2D eigenvalue weighted by Gasteiger charge is -2.37. The lowest BCUT2D eigenvalue weighted by molar-refractivity contribution is -0.123. The van der Waals surface area contributed by atoms with Crippen molar-refractivity contribution in [2.75, 3.05) is 13.4 Å². The first kappa shape index (κ1) is 18.8. The number of ether oxygens (including phenoxy) is 3. The van der Waals surface area contributed by atoms with Crippen LogP contribution in [0.5, 0.6) is 17.2 Å². The van der Waals surface area contributed by atoms with Crippen molar-refractivity contribution >= 4 is 11.5 Å². The Morgan fingerprint density at radius 1 is 1.17 bits per heavy atom. The van der Waals surface area contributed by atoms with Gasteiger partial charge in [-0.2, -0.15) is 0 Å². The van der Waals surface area contributed by atoms with Crippen LogP contribution in [0.25, 0.3) is 5.57 Å². The van der Waals surface area contributed by atoms with E-state index in [1.54, 1.807) is 0 Å². The lowest BCUT2D eigenvalue weighted by Crippen LogP contribution is -2.40. The Balaban J connectivity index is 1.54. The van der Waals surface area contributed by atoms with Crippen LogP contribution in [0.3, 0.4) is 0 Å². The average molecular weight is 403 g/mol. The van der Waals surface area contributed by atoms with Crippen LogP contribution in [0.1, 0.15) is 43.0 Å². The van der Waals surface area contributed by atoms with E-state index in [2.05, 4.69) is 24.0 Å². The molecule has 2 aliphatic heterocycles. The van der Waals surface area contributed by atoms with Crippen LogP contribution in [-0.2, 0) is 11.2 Å². The Kier molecular flexibility index (Phi) is 4.54. The van der Waals surface area contributed by atoms with Crippen LogP contribution in [0, 0.1) is 5.92 Å². The molecule has 0 fully saturated rings. The Morgan fingerprint density at radius 2 is 2.00 bits per heavy atom. The molecule has 1 aliphatic carbocycles. The Bertz CT molecular complexity index is 1080. The quantitative estimate of drug-likeness (QED) is 0.760. The predicted molar refractivity (Wildman–Crippen MR) is 115 cm³/mol. The van der Waals surface area contributed by atoms with E-state index in [0.29, 0.717) is 6.61 Å². The van der Waals surface area contributed by atoms with E-state index in [4.69, 9.17) is 14.2 Å². The third-order valence-corrected chi connectivity index (χ3v) is 6.05. The number of benzene rings is 2. The number of aryl methyl sites for hydroxylation is 1. The van der Waals surface area contributed by atoms with Gasteiger partial charge in [-0.3, -0.25) is 4.79 Å². The van der Waals surface area contributed by atoms with Gasteiger partial charge in [-0.05, 0) is 84.4 Å². The van der Waals surface area contributed by atoms with Crippen molar-refractivity contribution in [1.29, 1.82) is 0 Å². The minimum atomic E-state index is -0.188. The van der Waals surface area contributed by atoms with Gasteiger partial charge in [-0.1, -0.05) is 18.7 Å². The summed E-state index contributed by atoms with van der Waals surface area (Å²) in [5.41, 5.74) is 6.84. The van der Waals surface area contributed by atoms with Gasteiger partial charge in [0.2, 0.25) is 12.7 Å². The molecule has 0 bridgehead atoms. The number of fused-ring (bicyclic) bond motifs is 3. The predicted octanol–water partition coefficient (Wildman–Crippen LogP) is 4.58. The van der Waals surface area contributed by atoms with Gasteiger partial charge in [0.05, 0.1) is 12.0 Å². The molecule has 2 atom stereocenters. The van der Waals surface area contributed by atoms with Crippen molar-refractivity contribution < 1.29 is 19.0 Å². The zero-order valence-corrected chi connectivity index (χ0v) is 17.3. The number of nitrogens with one attached hydrogen (secondary N) is 1. The van der Waals surface area contributed by atoms with Crippen LogP contribution in [0.15, 0.2) is 54.1 Å². The highest BCUT2D eigenvalue weighted by molar-refractivity contribution is 5.97. The van der Waals surface area contributed by atoms with Gasteiger partial charge >= 0.3 is 0 Å². The van der Waals surface area contributed by atoms with Crippen molar-refractivity contribution in [1.82, 2.24) is 5.32 Å². The number of hydrogen-bond acceptors (Lipinski definition) is 4. The molecular formula is C25H25NO4. The monoisotopic (exact) mass is 403 g/mol. The minimum Gasteiger partial charge on any atom is -0.489 e. The maximum atomic E-state index is 12.9. The minimum absolute atomic E-state index is 0.0480. The van der Waals surface area contributed by atoms with Crippen LogP contribution in [0.2, 0.25) is 0 Å². The molecule has 3 aliphatic rings. The molecule has 0 saturated carbocycles. The van der Waals surface area contributed by atoms with Crippen molar-refractivity contribution in [3.8, 4) is 17.2 Å². The fraction of sp³-hybridized carbons (Fsp3) is 0.320. The number of hydrogen-bond donors (Lipinski definition) is 1. The molecule has 30 heavy (non-hydrogen) atoms. The van der Waals surface area contributed by atoms with Crippen LogP contribution >= 0.6 is 0 Å². The van der Waals surface area contributed by atoms with Gasteiger partial charge < -0.3 is 19.5 Å². The smallest absolute Gasteiger partial charge is 0.231 e. The molecule has 5 heteroatoms. The molecule has 154 valence electrons. The van der Waals surface area contributed by atoms with E-state index >= 15 is 0 Å². The fourth-order valence-corrected chi connectivity index (χ4v) is 4.59. The second kappa shape index (κ2) is 7.24. The first-order valence-electron chi connectivity index (χ1n) is 10.3. The molecule has 1 N–H and O–H groups in total. The standard InChI is InChI=1S/C25H25NO4/c1-14(2)12-28-18-6-8-19-16(10-18)4-7-20-23(19)15(3)25(27)26-24(20)17-5-9-21-22(11-17)30-13-29-21/h5-6,8-11,15,24H,1,4,7,12-13H2,2-3H3,(H,26,27). The molecular weight excluding hydrogens is 378 g/mol. The molecule has 5 nitrogen and oxygen atoms in total. The van der Waals surface area contributed by atoms with Crippen LogP contribution in [0.4, 0.5) is 0 Å². The fourth-order valence-electron chi connectivity index (χ4n) is 4.59. The summed E-state index contributed by atoms with van der Waals surface area (Å²) >= 11 is 0. The van der Waals surface area contributed by atoms with Gasteiger partial charge in [0.25, 0.3) is 0 Å². The third kappa shape index (κ3) is 3.15. The third-order valence-electron chi connectivity index (χ3n) is 6.05. The summed E-state index contributed by atoms with van der Waals surface area (Å²) < 4.78 is 16.8. The van der Waals surface area contributed by atoms with Gasteiger partial charge in [-0.15, -0.1) is 0 Å². The molecule has 2 aromatic rings. The van der Waals surface area contributed by atoms with Gasteiger partial charge in [0.15, 0.2) is 11.5 Å². The zero-order chi connectivity index (χ0) is 20.8. The second-order valence-electron chi connectivity index (χ2n) is 8.28. The molecule has 0 saturated heterocycles. The van der Waals surface area contributed by atoms with Crippen LogP contribution in [-0.4, -0.2) is 19.3 Å². The van der Waals surface area contributed by atoms with Crippen molar-refractivity contribution in [3.63, 3.8) is 0 Å². The summed E-state index contributed by atoms with van der Waals surface area (Å²) in [5, 5.41) is 3.22. The summed E-state index contributed by atoms with van der Waals surface area (Å²) in [6, 6.07) is 12.0. The van der Waals surface area contributed by atoms with E-state index in [-0.39, 0.29) is 24.7 Å². The molecule has 1 amide bonds. The maximum Gasteiger partial charge on any atom is 0.231 e. The first-order chi connectivity index (χ1) is 14.5. The number of rotatable bonds is 4. The molecule has 2 unspecified atom stereocenters. The van der Waals surface area contributed by atoms with E-state index in [0.717, 1.165) is 52.4 Å². The summed E-state index contributed by atoms with van der Waals surface area (Å²) in [6.07, 6.45) is 1.82.